The number of rotatable bonds is 4. The number of carbonyl (C=O) groups excluding carboxylic acids is 2. The molecule has 2 aromatic rings. The van der Waals surface area contributed by atoms with Gasteiger partial charge in [0, 0.05) is 70.1 Å². The van der Waals surface area contributed by atoms with Gasteiger partial charge in [-0.1, -0.05) is 0 Å². The first kappa shape index (κ1) is 18.6. The van der Waals surface area contributed by atoms with Crippen molar-refractivity contribution in [2.75, 3.05) is 13.1 Å². The van der Waals surface area contributed by atoms with Gasteiger partial charge in [-0.05, 0) is 25.3 Å². The molecule has 4 heterocycles. The summed E-state index contributed by atoms with van der Waals surface area (Å²) in [5, 5.41) is 4.14. The van der Waals surface area contributed by atoms with Gasteiger partial charge in [0.1, 0.15) is 0 Å². The molecule has 0 N–H and O–H groups in total. The van der Waals surface area contributed by atoms with Gasteiger partial charge in [-0.3, -0.25) is 14.3 Å². The van der Waals surface area contributed by atoms with Gasteiger partial charge in [-0.25, -0.2) is 9.97 Å². The van der Waals surface area contributed by atoms with E-state index in [1.54, 1.807) is 17.8 Å². The Morgan fingerprint density at radius 1 is 1.25 bits per heavy atom. The summed E-state index contributed by atoms with van der Waals surface area (Å²) in [5.74, 6) is 0.951. The number of carbonyl (C=O) groups is 2. The van der Waals surface area contributed by atoms with Crippen LogP contribution in [-0.4, -0.2) is 54.5 Å². The van der Waals surface area contributed by atoms with Gasteiger partial charge in [0.15, 0.2) is 5.82 Å². The number of nitrogens with zero attached hydrogens (tertiary/aromatic N) is 6. The van der Waals surface area contributed by atoms with Crippen molar-refractivity contribution in [1.29, 1.82) is 0 Å². The SMILES string of the molecule is CC(=O)N1CCCCC1c1ncc2c(n1)CCN(C(=O)CCn1cccn1)C2. The van der Waals surface area contributed by atoms with Gasteiger partial charge in [0.25, 0.3) is 0 Å². The number of piperidine rings is 1. The Morgan fingerprint density at radius 2 is 2.14 bits per heavy atom. The smallest absolute Gasteiger partial charge is 0.224 e. The lowest BCUT2D eigenvalue weighted by Crippen LogP contribution is -2.39. The van der Waals surface area contributed by atoms with E-state index >= 15 is 0 Å². The third-order valence-electron chi connectivity index (χ3n) is 5.62. The highest BCUT2D eigenvalue weighted by Crippen LogP contribution is 2.30. The standard InChI is InChI=1S/C20H26N6O2/c1-15(27)26-10-3-2-5-18(26)20-21-13-16-14-24(11-6-17(16)23-20)19(28)7-12-25-9-4-8-22-25/h4,8-9,13,18H,2-3,5-7,10-12,14H2,1H3. The molecular formula is C20H26N6O2. The van der Waals surface area contributed by atoms with Crippen molar-refractivity contribution < 1.29 is 9.59 Å². The Labute approximate surface area is 164 Å². The molecule has 28 heavy (non-hydrogen) atoms. The Hall–Kier alpha value is -2.77. The van der Waals surface area contributed by atoms with Crippen LogP contribution in [0.1, 0.15) is 55.7 Å². The Balaban J connectivity index is 1.42. The number of aryl methyl sites for hydroxylation is 1. The first-order valence-corrected chi connectivity index (χ1v) is 9.99. The molecule has 2 aromatic heterocycles. The summed E-state index contributed by atoms with van der Waals surface area (Å²) in [6, 6.07) is 1.83. The van der Waals surface area contributed by atoms with Crippen molar-refractivity contribution in [3.8, 4) is 0 Å². The van der Waals surface area contributed by atoms with Crippen molar-refractivity contribution >= 4 is 11.8 Å². The summed E-state index contributed by atoms with van der Waals surface area (Å²) < 4.78 is 1.77. The first-order valence-electron chi connectivity index (χ1n) is 9.99. The number of fused-ring (bicyclic) bond motifs is 1. The maximum Gasteiger partial charge on any atom is 0.224 e. The molecule has 0 saturated carbocycles. The van der Waals surface area contributed by atoms with E-state index < -0.39 is 0 Å². The highest BCUT2D eigenvalue weighted by atomic mass is 16.2. The van der Waals surface area contributed by atoms with Gasteiger partial charge in [0.05, 0.1) is 11.7 Å². The summed E-state index contributed by atoms with van der Waals surface area (Å²) in [5.41, 5.74) is 2.02. The van der Waals surface area contributed by atoms with E-state index in [-0.39, 0.29) is 17.9 Å². The van der Waals surface area contributed by atoms with Gasteiger partial charge in [0.2, 0.25) is 11.8 Å². The number of hydrogen-bond donors (Lipinski definition) is 0. The molecule has 4 rings (SSSR count). The number of likely N-dealkylation sites (tertiary alicyclic amines) is 1. The van der Waals surface area contributed by atoms with Crippen LogP contribution in [0.4, 0.5) is 0 Å². The lowest BCUT2D eigenvalue weighted by atomic mass is 10.0. The summed E-state index contributed by atoms with van der Waals surface area (Å²) in [7, 11) is 0. The second kappa shape index (κ2) is 8.08. The molecule has 0 spiro atoms. The quantitative estimate of drug-likeness (QED) is 0.804. The van der Waals surface area contributed by atoms with E-state index in [2.05, 4.69) is 10.1 Å². The van der Waals surface area contributed by atoms with E-state index in [0.29, 0.717) is 26.1 Å². The summed E-state index contributed by atoms with van der Waals surface area (Å²) in [6.07, 6.45) is 9.63. The van der Waals surface area contributed by atoms with Crippen molar-refractivity contribution in [3.05, 3.63) is 41.7 Å². The second-order valence-electron chi connectivity index (χ2n) is 7.51. The van der Waals surface area contributed by atoms with Crippen LogP contribution >= 0.6 is 0 Å². The molecule has 1 unspecified atom stereocenters. The lowest BCUT2D eigenvalue weighted by molar-refractivity contribution is -0.133. The van der Waals surface area contributed by atoms with Gasteiger partial charge in [-0.15, -0.1) is 0 Å². The average molecular weight is 382 g/mol. The van der Waals surface area contributed by atoms with Crippen LogP contribution in [-0.2, 0) is 29.1 Å². The zero-order valence-electron chi connectivity index (χ0n) is 16.3. The van der Waals surface area contributed by atoms with E-state index in [1.807, 2.05) is 28.3 Å². The predicted molar refractivity (Wildman–Crippen MR) is 102 cm³/mol. The third-order valence-corrected chi connectivity index (χ3v) is 5.62. The van der Waals surface area contributed by atoms with E-state index in [1.165, 1.54) is 0 Å². The number of hydrogen-bond acceptors (Lipinski definition) is 5. The molecule has 1 saturated heterocycles. The lowest BCUT2D eigenvalue weighted by Gasteiger charge is -2.35. The largest absolute Gasteiger partial charge is 0.338 e. The topological polar surface area (TPSA) is 84.2 Å². The van der Waals surface area contributed by atoms with Crippen LogP contribution in [0.25, 0.3) is 0 Å². The Kier molecular flexibility index (Phi) is 5.36. The zero-order chi connectivity index (χ0) is 19.5. The van der Waals surface area contributed by atoms with Crippen molar-refractivity contribution in [3.63, 3.8) is 0 Å². The first-order chi connectivity index (χ1) is 13.6. The van der Waals surface area contributed by atoms with Gasteiger partial charge < -0.3 is 9.80 Å². The van der Waals surface area contributed by atoms with Crippen LogP contribution in [0.15, 0.2) is 24.7 Å². The van der Waals surface area contributed by atoms with E-state index in [0.717, 1.165) is 49.3 Å². The van der Waals surface area contributed by atoms with Crippen LogP contribution in [0.2, 0.25) is 0 Å². The molecule has 2 aliphatic rings. The molecule has 1 fully saturated rings. The summed E-state index contributed by atoms with van der Waals surface area (Å²) in [4.78, 5) is 37.6. The molecule has 148 valence electrons. The predicted octanol–water partition coefficient (Wildman–Crippen LogP) is 1.72. The minimum atomic E-state index is -0.0229. The molecule has 0 bridgehead atoms. The monoisotopic (exact) mass is 382 g/mol. The minimum absolute atomic E-state index is 0.0229. The van der Waals surface area contributed by atoms with Crippen LogP contribution in [0.5, 0.6) is 0 Å². The van der Waals surface area contributed by atoms with E-state index in [9.17, 15) is 9.59 Å². The fourth-order valence-electron chi connectivity index (χ4n) is 4.08. The van der Waals surface area contributed by atoms with Gasteiger partial charge >= 0.3 is 0 Å². The van der Waals surface area contributed by atoms with Crippen LogP contribution in [0, 0.1) is 0 Å². The zero-order valence-corrected chi connectivity index (χ0v) is 16.3. The molecule has 8 nitrogen and oxygen atoms in total. The van der Waals surface area contributed by atoms with Gasteiger partial charge in [-0.2, -0.15) is 5.10 Å². The maximum atomic E-state index is 12.5. The van der Waals surface area contributed by atoms with Crippen molar-refractivity contribution in [2.45, 2.75) is 58.2 Å². The third kappa shape index (κ3) is 3.90. The molecule has 8 heteroatoms. The summed E-state index contributed by atoms with van der Waals surface area (Å²) in [6.45, 7) is 4.20. The fourth-order valence-corrected chi connectivity index (χ4v) is 4.08. The normalized spacial score (nSPS) is 19.4. The van der Waals surface area contributed by atoms with Crippen molar-refractivity contribution in [2.24, 2.45) is 0 Å². The Bertz CT molecular complexity index is 850. The van der Waals surface area contributed by atoms with Crippen molar-refractivity contribution in [1.82, 2.24) is 29.5 Å². The van der Waals surface area contributed by atoms with Crippen LogP contribution in [0.3, 0.4) is 0 Å². The Morgan fingerprint density at radius 3 is 2.93 bits per heavy atom. The molecular weight excluding hydrogens is 356 g/mol. The van der Waals surface area contributed by atoms with Crippen LogP contribution < -0.4 is 0 Å². The average Bonchev–Trinajstić information content (AvgIpc) is 3.25. The molecule has 2 aliphatic heterocycles. The maximum absolute atomic E-state index is 12.5. The number of aromatic nitrogens is 4. The highest BCUT2D eigenvalue weighted by molar-refractivity contribution is 5.76. The molecule has 2 amide bonds. The highest BCUT2D eigenvalue weighted by Gasteiger charge is 2.29. The second-order valence-corrected chi connectivity index (χ2v) is 7.51. The molecule has 0 radical (unpaired) electrons. The number of amides is 2. The molecule has 0 aliphatic carbocycles. The van der Waals surface area contributed by atoms with E-state index in [4.69, 9.17) is 4.98 Å². The minimum Gasteiger partial charge on any atom is -0.338 e. The summed E-state index contributed by atoms with van der Waals surface area (Å²) >= 11 is 0. The molecule has 1 atom stereocenters. The molecule has 0 aromatic carbocycles. The fraction of sp³-hybridized carbons (Fsp3) is 0.550.